The fraction of sp³-hybridized carbons (Fsp3) is 0.458. The minimum atomic E-state index is -1.45. The third-order valence-corrected chi connectivity index (χ3v) is 11.8. The molecule has 6 atom stereocenters. The first-order valence-electron chi connectivity index (χ1n) is 21.5. The number of nitrogens with zero attached hydrogens (tertiary/aromatic N) is 3. The third-order valence-electron chi connectivity index (χ3n) is 11.8. The number of ether oxygens (including phenoxy) is 4. The molecule has 1 saturated carbocycles. The topological polar surface area (TPSA) is 162 Å². The summed E-state index contributed by atoms with van der Waals surface area (Å²) < 4.78 is 26.5. The van der Waals surface area contributed by atoms with Gasteiger partial charge in [0.2, 0.25) is 5.79 Å². The molecule has 1 heterocycles. The Morgan fingerprint density at radius 2 is 1.77 bits per heavy atom. The molecular weight excluding hydrogens is 779 g/mol. The molecule has 6 unspecified atom stereocenters. The van der Waals surface area contributed by atoms with E-state index in [0.717, 1.165) is 42.4 Å². The zero-order valence-electron chi connectivity index (χ0n) is 35.1. The number of fused-ring (bicyclic) bond motifs is 2. The van der Waals surface area contributed by atoms with Crippen molar-refractivity contribution in [2.45, 2.75) is 89.1 Å². The molecule has 0 bridgehead atoms. The van der Waals surface area contributed by atoms with Gasteiger partial charge in [0.25, 0.3) is 5.69 Å². The lowest BCUT2D eigenvalue weighted by molar-refractivity contribution is -0.384. The largest absolute Gasteiger partial charge is 0.459 e. The smallest absolute Gasteiger partial charge is 0.410 e. The molecule has 3 aromatic rings. The van der Waals surface area contributed by atoms with Gasteiger partial charge >= 0.3 is 6.09 Å². The van der Waals surface area contributed by atoms with Crippen LogP contribution < -0.4 is 9.47 Å². The van der Waals surface area contributed by atoms with E-state index in [2.05, 4.69) is 19.2 Å². The van der Waals surface area contributed by atoms with Crippen LogP contribution in [0.5, 0.6) is 17.2 Å². The number of carbonyl (C=O) groups is 1. The summed E-state index contributed by atoms with van der Waals surface area (Å²) in [5.41, 5.74) is 3.30. The lowest BCUT2D eigenvalue weighted by Gasteiger charge is -2.59. The van der Waals surface area contributed by atoms with Gasteiger partial charge in [0.1, 0.15) is 29.9 Å². The average molecular weight is 838 g/mol. The molecule has 13 heteroatoms. The maximum Gasteiger partial charge on any atom is 0.410 e. The highest BCUT2D eigenvalue weighted by Gasteiger charge is 2.65. The number of benzene rings is 3. The number of aliphatic hydroxyl groups excluding tert-OH is 2. The highest BCUT2D eigenvalue weighted by Crippen LogP contribution is 2.62. The summed E-state index contributed by atoms with van der Waals surface area (Å²) in [6.07, 6.45) is 10.9. The number of unbranched alkanes of at least 4 members (excludes halogenated alkanes) is 2. The van der Waals surface area contributed by atoms with Crippen LogP contribution in [0, 0.1) is 27.9 Å². The standard InChI is InChI=1S/C48H59N3O10/c1-4-7-28-57-47(54)50(24-5-2)44-32-42(49-59-33-34-16-9-8-10-17-34)40-29-35(18-11-13-25-52)39(21-12-14-26-53)45-41-31-38(60-37-20-15-19-36(30-37)51(55)56)22-23-43(41)61-48(44,46(40)45)58-27-6-3/h4,6,8-10,15-17,19-20,22-23,29-31,35,39,44-46,52-53H,1,3,5,7,11-14,18,21,24-28,32-33H2,2H3. The number of allylic oxidation sites excluding steroid dienone is 1. The van der Waals surface area contributed by atoms with Gasteiger partial charge in [-0.3, -0.25) is 15.0 Å². The van der Waals surface area contributed by atoms with Crippen molar-refractivity contribution < 1.29 is 43.7 Å². The summed E-state index contributed by atoms with van der Waals surface area (Å²) in [4.78, 5) is 33.3. The molecule has 1 aliphatic heterocycles. The van der Waals surface area contributed by atoms with E-state index in [-0.39, 0.29) is 62.9 Å². The normalized spacial score (nSPS) is 23.1. The fourth-order valence-electron chi connectivity index (χ4n) is 9.20. The SMILES string of the molecule is C=CCCOC(=O)N(CCC)C1CC(=NOCc2ccccc2)C2=CC(CCCCO)C(CCCCO)C3c4cc(Oc5cccc([N+](=O)[O-])c5)ccc4OC1(OCC=C)C23. The van der Waals surface area contributed by atoms with Crippen molar-refractivity contribution in [3.05, 3.63) is 131 Å². The summed E-state index contributed by atoms with van der Waals surface area (Å²) in [6.45, 7) is 10.8. The van der Waals surface area contributed by atoms with Crippen molar-refractivity contribution in [2.75, 3.05) is 33.0 Å². The monoisotopic (exact) mass is 837 g/mol. The van der Waals surface area contributed by atoms with E-state index in [0.29, 0.717) is 55.2 Å². The Bertz CT molecular complexity index is 2020. The van der Waals surface area contributed by atoms with Gasteiger partial charge in [-0.2, -0.15) is 0 Å². The molecule has 2 aliphatic carbocycles. The number of amides is 1. The van der Waals surface area contributed by atoms with Crippen LogP contribution in [0.1, 0.15) is 81.8 Å². The van der Waals surface area contributed by atoms with Crippen molar-refractivity contribution in [1.29, 1.82) is 0 Å². The number of oxime groups is 1. The number of non-ortho nitro benzene ring substituents is 1. The quantitative estimate of drug-likeness (QED) is 0.0407. The van der Waals surface area contributed by atoms with Crippen LogP contribution in [0.25, 0.3) is 0 Å². The van der Waals surface area contributed by atoms with Gasteiger partial charge < -0.3 is 34.0 Å². The van der Waals surface area contributed by atoms with Gasteiger partial charge in [-0.1, -0.05) is 79.5 Å². The molecule has 13 nitrogen and oxygen atoms in total. The first-order valence-corrected chi connectivity index (χ1v) is 21.5. The Morgan fingerprint density at radius 3 is 2.49 bits per heavy atom. The van der Waals surface area contributed by atoms with Crippen molar-refractivity contribution in [3.63, 3.8) is 0 Å². The summed E-state index contributed by atoms with van der Waals surface area (Å²) in [5.74, 6) is -0.911. The Labute approximate surface area is 358 Å². The first-order chi connectivity index (χ1) is 29.8. The number of aliphatic hydroxyl groups is 2. The Morgan fingerprint density at radius 1 is 1.00 bits per heavy atom. The van der Waals surface area contributed by atoms with Crippen molar-refractivity contribution in [2.24, 2.45) is 22.9 Å². The van der Waals surface area contributed by atoms with E-state index in [4.69, 9.17) is 28.9 Å². The van der Waals surface area contributed by atoms with Crippen LogP contribution in [0.15, 0.2) is 115 Å². The van der Waals surface area contributed by atoms with E-state index < -0.39 is 28.8 Å². The summed E-state index contributed by atoms with van der Waals surface area (Å²) in [5, 5.41) is 36.4. The van der Waals surface area contributed by atoms with Gasteiger partial charge in [-0.25, -0.2) is 4.79 Å². The maximum atomic E-state index is 14.3. The van der Waals surface area contributed by atoms with E-state index in [1.807, 2.05) is 49.4 Å². The molecule has 3 aromatic carbocycles. The predicted molar refractivity (Wildman–Crippen MR) is 233 cm³/mol. The molecule has 326 valence electrons. The van der Waals surface area contributed by atoms with E-state index in [1.54, 1.807) is 35.3 Å². The lowest BCUT2D eigenvalue weighted by Crippen LogP contribution is -2.70. The van der Waals surface area contributed by atoms with Gasteiger partial charge in [0.05, 0.1) is 35.8 Å². The van der Waals surface area contributed by atoms with E-state index in [9.17, 15) is 25.1 Å². The lowest BCUT2D eigenvalue weighted by atomic mass is 9.55. The second-order valence-corrected chi connectivity index (χ2v) is 15.8. The van der Waals surface area contributed by atoms with E-state index >= 15 is 0 Å². The Balaban J connectivity index is 1.57. The first kappa shape index (κ1) is 45.0. The molecule has 2 N–H and O–H groups in total. The van der Waals surface area contributed by atoms with Crippen LogP contribution >= 0.6 is 0 Å². The highest BCUT2D eigenvalue weighted by molar-refractivity contribution is 6.03. The Hall–Kier alpha value is -5.50. The molecule has 0 saturated heterocycles. The van der Waals surface area contributed by atoms with Crippen LogP contribution in [0.2, 0.25) is 0 Å². The predicted octanol–water partition coefficient (Wildman–Crippen LogP) is 9.65. The average Bonchev–Trinajstić information content (AvgIpc) is 3.27. The number of hydrogen-bond donors (Lipinski definition) is 2. The van der Waals surface area contributed by atoms with Crippen LogP contribution in [-0.2, 0) is 20.9 Å². The molecule has 6 rings (SSSR count). The molecule has 1 amide bonds. The van der Waals surface area contributed by atoms with Gasteiger partial charge in [0.15, 0.2) is 0 Å². The minimum absolute atomic E-state index is 0.00850. The number of carbonyl (C=O) groups excluding carboxylic acids is 1. The van der Waals surface area contributed by atoms with Gasteiger partial charge in [-0.15, -0.1) is 13.2 Å². The van der Waals surface area contributed by atoms with Crippen molar-refractivity contribution in [1.82, 2.24) is 4.90 Å². The molecule has 0 radical (unpaired) electrons. The van der Waals surface area contributed by atoms with Crippen LogP contribution in [0.3, 0.4) is 0 Å². The molecule has 61 heavy (non-hydrogen) atoms. The summed E-state index contributed by atoms with van der Waals surface area (Å²) in [6, 6.07) is 20.7. The van der Waals surface area contributed by atoms with Gasteiger partial charge in [0, 0.05) is 43.7 Å². The van der Waals surface area contributed by atoms with Crippen LogP contribution in [-0.4, -0.2) is 76.6 Å². The van der Waals surface area contributed by atoms with Crippen molar-refractivity contribution >= 4 is 17.5 Å². The molecule has 3 aliphatic rings. The van der Waals surface area contributed by atoms with Crippen LogP contribution in [0.4, 0.5) is 10.5 Å². The maximum absolute atomic E-state index is 14.3. The fourth-order valence-corrected chi connectivity index (χ4v) is 9.20. The number of nitro benzene ring substituents is 1. The molecule has 0 aromatic heterocycles. The van der Waals surface area contributed by atoms with Gasteiger partial charge in [-0.05, 0) is 85.8 Å². The number of rotatable bonds is 23. The second-order valence-electron chi connectivity index (χ2n) is 15.8. The molecular formula is C48H59N3O10. The summed E-state index contributed by atoms with van der Waals surface area (Å²) >= 11 is 0. The third kappa shape index (κ3) is 10.5. The van der Waals surface area contributed by atoms with Crippen molar-refractivity contribution in [3.8, 4) is 17.2 Å². The number of hydrogen-bond acceptors (Lipinski definition) is 11. The summed E-state index contributed by atoms with van der Waals surface area (Å²) in [7, 11) is 0. The number of nitro groups is 1. The zero-order valence-corrected chi connectivity index (χ0v) is 35.1. The Kier molecular flexibility index (Phi) is 16.1. The molecule has 1 fully saturated rings. The zero-order chi connectivity index (χ0) is 43.2. The minimum Gasteiger partial charge on any atom is -0.459 e. The highest BCUT2D eigenvalue weighted by atomic mass is 16.7. The van der Waals surface area contributed by atoms with E-state index in [1.165, 1.54) is 12.1 Å². The molecule has 0 spiro atoms. The second kappa shape index (κ2) is 21.8.